The first-order chi connectivity index (χ1) is 15.6. The van der Waals surface area contributed by atoms with E-state index in [9.17, 15) is 14.4 Å². The van der Waals surface area contributed by atoms with Crippen LogP contribution in [0.5, 0.6) is 0 Å². The fraction of sp³-hybridized carbons (Fsp3) is 0.0741. The lowest BCUT2D eigenvalue weighted by Gasteiger charge is -2.23. The second-order valence-electron chi connectivity index (χ2n) is 7.59. The SMILES string of the molecule is CCN(C(=O)c1ccc(N2C(=O)c3ccccc3C2=O)cc1)c1cccc2ccccc12. The van der Waals surface area contributed by atoms with E-state index in [2.05, 4.69) is 0 Å². The van der Waals surface area contributed by atoms with Crippen LogP contribution in [0.3, 0.4) is 0 Å². The van der Waals surface area contributed by atoms with Gasteiger partial charge in [0.15, 0.2) is 0 Å². The van der Waals surface area contributed by atoms with Gasteiger partial charge in [-0.3, -0.25) is 14.4 Å². The highest BCUT2D eigenvalue weighted by atomic mass is 16.2. The molecule has 0 bridgehead atoms. The minimum atomic E-state index is -0.351. The van der Waals surface area contributed by atoms with Crippen molar-refractivity contribution in [2.75, 3.05) is 16.3 Å². The lowest BCUT2D eigenvalue weighted by molar-refractivity contribution is 0.0925. The number of hydrogen-bond donors (Lipinski definition) is 0. The maximum Gasteiger partial charge on any atom is 0.266 e. The van der Waals surface area contributed by atoms with Crippen LogP contribution in [0.25, 0.3) is 10.8 Å². The Kier molecular flexibility index (Phi) is 4.79. The molecule has 0 unspecified atom stereocenters. The molecule has 5 nitrogen and oxygen atoms in total. The molecule has 0 saturated carbocycles. The van der Waals surface area contributed by atoms with E-state index in [4.69, 9.17) is 0 Å². The molecule has 4 aromatic rings. The number of imide groups is 1. The molecule has 0 aromatic heterocycles. The highest BCUT2D eigenvalue weighted by molar-refractivity contribution is 6.34. The highest BCUT2D eigenvalue weighted by Crippen LogP contribution is 2.30. The summed E-state index contributed by atoms with van der Waals surface area (Å²) in [6, 6.07) is 27.3. The van der Waals surface area contributed by atoms with E-state index in [1.807, 2.05) is 49.4 Å². The summed E-state index contributed by atoms with van der Waals surface area (Å²) in [4.78, 5) is 41.7. The molecule has 0 saturated heterocycles. The number of carbonyl (C=O) groups is 3. The van der Waals surface area contributed by atoms with Gasteiger partial charge in [-0.05, 0) is 54.8 Å². The Morgan fingerprint density at radius 3 is 2.00 bits per heavy atom. The van der Waals surface area contributed by atoms with E-state index < -0.39 is 0 Å². The van der Waals surface area contributed by atoms with Crippen molar-refractivity contribution in [1.29, 1.82) is 0 Å². The number of amides is 3. The summed E-state index contributed by atoms with van der Waals surface area (Å²) in [6.45, 7) is 2.44. The Bertz CT molecular complexity index is 1340. The van der Waals surface area contributed by atoms with E-state index in [0.717, 1.165) is 21.4 Å². The van der Waals surface area contributed by atoms with Gasteiger partial charge in [0, 0.05) is 17.5 Å². The fourth-order valence-corrected chi connectivity index (χ4v) is 4.20. The zero-order chi connectivity index (χ0) is 22.2. The maximum atomic E-state index is 13.3. The van der Waals surface area contributed by atoms with Crippen LogP contribution in [0.2, 0.25) is 0 Å². The Balaban J connectivity index is 1.46. The summed E-state index contributed by atoms with van der Waals surface area (Å²) in [5.74, 6) is -0.844. The molecule has 156 valence electrons. The summed E-state index contributed by atoms with van der Waals surface area (Å²) in [6.07, 6.45) is 0. The van der Waals surface area contributed by atoms with Crippen molar-refractivity contribution < 1.29 is 14.4 Å². The fourth-order valence-electron chi connectivity index (χ4n) is 4.20. The number of fused-ring (bicyclic) bond motifs is 2. The molecule has 1 heterocycles. The predicted molar refractivity (Wildman–Crippen MR) is 125 cm³/mol. The molecule has 0 aliphatic carbocycles. The van der Waals surface area contributed by atoms with Gasteiger partial charge >= 0.3 is 0 Å². The third kappa shape index (κ3) is 3.06. The first-order valence-corrected chi connectivity index (χ1v) is 10.5. The Hall–Kier alpha value is -4.25. The van der Waals surface area contributed by atoms with Gasteiger partial charge in [0.1, 0.15) is 0 Å². The van der Waals surface area contributed by atoms with Gasteiger partial charge in [0.2, 0.25) is 0 Å². The highest BCUT2D eigenvalue weighted by Gasteiger charge is 2.36. The second-order valence-corrected chi connectivity index (χ2v) is 7.59. The van der Waals surface area contributed by atoms with Gasteiger partial charge in [-0.2, -0.15) is 0 Å². The third-order valence-corrected chi connectivity index (χ3v) is 5.79. The van der Waals surface area contributed by atoms with Crippen LogP contribution in [0.15, 0.2) is 91.0 Å². The zero-order valence-corrected chi connectivity index (χ0v) is 17.5. The van der Waals surface area contributed by atoms with Crippen LogP contribution >= 0.6 is 0 Å². The maximum absolute atomic E-state index is 13.3. The molecular formula is C27H20N2O3. The van der Waals surface area contributed by atoms with E-state index in [1.165, 1.54) is 0 Å². The van der Waals surface area contributed by atoms with Crippen LogP contribution < -0.4 is 9.80 Å². The van der Waals surface area contributed by atoms with Crippen LogP contribution in [-0.2, 0) is 0 Å². The number of anilines is 2. The van der Waals surface area contributed by atoms with Crippen molar-refractivity contribution in [3.05, 3.63) is 108 Å². The van der Waals surface area contributed by atoms with Crippen molar-refractivity contribution in [2.45, 2.75) is 6.92 Å². The first kappa shape index (κ1) is 19.7. The lowest BCUT2D eigenvalue weighted by atomic mass is 10.1. The minimum Gasteiger partial charge on any atom is -0.308 e. The van der Waals surface area contributed by atoms with E-state index >= 15 is 0 Å². The molecule has 4 aromatic carbocycles. The van der Waals surface area contributed by atoms with Gasteiger partial charge in [0.25, 0.3) is 17.7 Å². The van der Waals surface area contributed by atoms with Gasteiger partial charge in [-0.1, -0.05) is 48.5 Å². The zero-order valence-electron chi connectivity index (χ0n) is 17.5. The number of hydrogen-bond acceptors (Lipinski definition) is 3. The van der Waals surface area contributed by atoms with Gasteiger partial charge < -0.3 is 4.90 Å². The number of nitrogens with zero attached hydrogens (tertiary/aromatic N) is 2. The topological polar surface area (TPSA) is 57.7 Å². The van der Waals surface area contributed by atoms with Crippen molar-refractivity contribution in [3.8, 4) is 0 Å². The monoisotopic (exact) mass is 420 g/mol. The van der Waals surface area contributed by atoms with Crippen molar-refractivity contribution in [1.82, 2.24) is 0 Å². The summed E-state index contributed by atoms with van der Waals surface area (Å²) in [5.41, 5.74) is 2.57. The molecule has 0 spiro atoms. The minimum absolute atomic E-state index is 0.141. The average molecular weight is 420 g/mol. The molecular weight excluding hydrogens is 400 g/mol. The van der Waals surface area contributed by atoms with Gasteiger partial charge in [0.05, 0.1) is 22.5 Å². The molecule has 32 heavy (non-hydrogen) atoms. The molecule has 5 heteroatoms. The average Bonchev–Trinajstić information content (AvgIpc) is 3.10. The van der Waals surface area contributed by atoms with Crippen LogP contribution in [0.1, 0.15) is 38.0 Å². The Morgan fingerprint density at radius 2 is 1.34 bits per heavy atom. The van der Waals surface area contributed by atoms with Crippen LogP contribution in [0.4, 0.5) is 11.4 Å². The largest absolute Gasteiger partial charge is 0.308 e. The summed E-state index contributed by atoms with van der Waals surface area (Å²) >= 11 is 0. The number of rotatable bonds is 4. The number of benzene rings is 4. The van der Waals surface area contributed by atoms with Crippen molar-refractivity contribution in [3.63, 3.8) is 0 Å². The molecule has 1 aliphatic heterocycles. The Morgan fingerprint density at radius 1 is 0.750 bits per heavy atom. The second kappa shape index (κ2) is 7.78. The summed E-state index contributed by atoms with van der Waals surface area (Å²) in [5, 5.41) is 2.07. The van der Waals surface area contributed by atoms with Crippen molar-refractivity contribution in [2.24, 2.45) is 0 Å². The molecule has 0 atom stereocenters. The van der Waals surface area contributed by atoms with Gasteiger partial charge in [-0.25, -0.2) is 4.90 Å². The van der Waals surface area contributed by atoms with Crippen molar-refractivity contribution >= 4 is 39.9 Å². The van der Waals surface area contributed by atoms with Crippen LogP contribution in [-0.4, -0.2) is 24.3 Å². The molecule has 5 rings (SSSR count). The molecule has 0 N–H and O–H groups in total. The quantitative estimate of drug-likeness (QED) is 0.421. The molecule has 0 radical (unpaired) electrons. The smallest absolute Gasteiger partial charge is 0.266 e. The lowest BCUT2D eigenvalue weighted by Crippen LogP contribution is -2.31. The Labute approximate surface area is 185 Å². The normalized spacial score (nSPS) is 12.8. The van der Waals surface area contributed by atoms with E-state index in [-0.39, 0.29) is 17.7 Å². The van der Waals surface area contributed by atoms with E-state index in [0.29, 0.717) is 28.9 Å². The van der Waals surface area contributed by atoms with E-state index in [1.54, 1.807) is 53.4 Å². The first-order valence-electron chi connectivity index (χ1n) is 10.5. The predicted octanol–water partition coefficient (Wildman–Crippen LogP) is 5.31. The third-order valence-electron chi connectivity index (χ3n) is 5.79. The number of carbonyl (C=O) groups excluding carboxylic acids is 3. The van der Waals surface area contributed by atoms with Gasteiger partial charge in [-0.15, -0.1) is 0 Å². The summed E-state index contributed by atoms with van der Waals surface area (Å²) in [7, 11) is 0. The van der Waals surface area contributed by atoms with Crippen LogP contribution in [0, 0.1) is 0 Å². The summed E-state index contributed by atoms with van der Waals surface area (Å²) < 4.78 is 0. The molecule has 1 aliphatic rings. The molecule has 0 fully saturated rings. The standard InChI is InChI=1S/C27H20N2O3/c1-2-28(24-13-7-9-18-8-3-4-10-21(18)24)25(30)19-14-16-20(17-15-19)29-26(31)22-11-5-6-12-23(22)27(29)32/h3-17H,2H2,1H3. The molecule has 3 amide bonds.